The van der Waals surface area contributed by atoms with Crippen LogP contribution in [0.3, 0.4) is 0 Å². The maximum atomic E-state index is 10.2. The molecule has 0 spiro atoms. The Bertz CT molecular complexity index is 914. The van der Waals surface area contributed by atoms with E-state index in [2.05, 4.69) is 6.92 Å². The average molecular weight is 362 g/mol. The van der Waals surface area contributed by atoms with Crippen LogP contribution in [0, 0.1) is 27.7 Å². The maximum absolute atomic E-state index is 10.2. The van der Waals surface area contributed by atoms with Crippen LogP contribution in [0.2, 0.25) is 0 Å². The molecule has 27 heavy (non-hydrogen) atoms. The molecular formula is C24H26O3. The topological polar surface area (TPSA) is 60.7 Å². The number of phenols is 3. The number of aromatic hydroxyl groups is 3. The highest BCUT2D eigenvalue weighted by Gasteiger charge is 2.33. The highest BCUT2D eigenvalue weighted by atomic mass is 16.3. The van der Waals surface area contributed by atoms with Crippen LogP contribution in [0.1, 0.15) is 45.9 Å². The molecule has 0 unspecified atom stereocenters. The fourth-order valence-electron chi connectivity index (χ4n) is 3.81. The van der Waals surface area contributed by atoms with Gasteiger partial charge in [-0.2, -0.15) is 0 Å². The second-order valence-corrected chi connectivity index (χ2v) is 7.59. The van der Waals surface area contributed by atoms with E-state index in [9.17, 15) is 15.3 Å². The van der Waals surface area contributed by atoms with Crippen molar-refractivity contribution in [2.75, 3.05) is 0 Å². The van der Waals surface area contributed by atoms with E-state index in [-0.39, 0.29) is 5.75 Å². The summed E-state index contributed by atoms with van der Waals surface area (Å²) < 4.78 is 0. The van der Waals surface area contributed by atoms with Gasteiger partial charge in [0.25, 0.3) is 0 Å². The van der Waals surface area contributed by atoms with E-state index in [0.717, 1.165) is 38.9 Å². The number of hydrogen-bond donors (Lipinski definition) is 3. The summed E-state index contributed by atoms with van der Waals surface area (Å²) in [6, 6.07) is 15.2. The molecule has 0 heterocycles. The van der Waals surface area contributed by atoms with E-state index >= 15 is 0 Å². The molecule has 0 saturated carbocycles. The summed E-state index contributed by atoms with van der Waals surface area (Å²) in [6.07, 6.45) is 0. The number of benzene rings is 3. The third-order valence-corrected chi connectivity index (χ3v) is 5.56. The van der Waals surface area contributed by atoms with Gasteiger partial charge in [0, 0.05) is 5.41 Å². The second kappa shape index (κ2) is 6.66. The van der Waals surface area contributed by atoms with Gasteiger partial charge in [-0.05, 0) is 85.7 Å². The van der Waals surface area contributed by atoms with E-state index in [1.54, 1.807) is 12.1 Å². The molecule has 3 heteroatoms. The third-order valence-electron chi connectivity index (χ3n) is 5.56. The lowest BCUT2D eigenvalue weighted by Crippen LogP contribution is -2.26. The Morgan fingerprint density at radius 3 is 1.37 bits per heavy atom. The minimum Gasteiger partial charge on any atom is -0.508 e. The summed E-state index contributed by atoms with van der Waals surface area (Å²) in [5.41, 5.74) is 5.65. The first-order valence-corrected chi connectivity index (χ1v) is 9.05. The fraction of sp³-hybridized carbons (Fsp3) is 0.250. The molecule has 140 valence electrons. The van der Waals surface area contributed by atoms with Gasteiger partial charge in [-0.15, -0.1) is 0 Å². The summed E-state index contributed by atoms with van der Waals surface area (Å²) in [5, 5.41) is 30.6. The molecule has 0 aliphatic carbocycles. The van der Waals surface area contributed by atoms with Gasteiger partial charge < -0.3 is 15.3 Å². The van der Waals surface area contributed by atoms with Crippen molar-refractivity contribution >= 4 is 0 Å². The van der Waals surface area contributed by atoms with E-state index in [0.29, 0.717) is 11.5 Å². The van der Waals surface area contributed by atoms with Gasteiger partial charge in [-0.25, -0.2) is 0 Å². The van der Waals surface area contributed by atoms with Gasteiger partial charge in [-0.1, -0.05) is 36.4 Å². The SMILES string of the molecule is Cc1cc(C(C)(c2cccc(O)c2)c2cc(C)c(O)c(C)c2)cc(C)c1O. The van der Waals surface area contributed by atoms with Crippen molar-refractivity contribution in [1.82, 2.24) is 0 Å². The Balaban J connectivity index is 2.38. The molecule has 0 atom stereocenters. The zero-order valence-corrected chi connectivity index (χ0v) is 16.5. The smallest absolute Gasteiger partial charge is 0.121 e. The lowest BCUT2D eigenvalue weighted by atomic mass is 9.69. The van der Waals surface area contributed by atoms with Crippen molar-refractivity contribution in [2.45, 2.75) is 40.0 Å². The Hall–Kier alpha value is -2.94. The van der Waals surface area contributed by atoms with E-state index in [1.807, 2.05) is 64.1 Å². The van der Waals surface area contributed by atoms with Crippen LogP contribution in [-0.4, -0.2) is 15.3 Å². The van der Waals surface area contributed by atoms with Crippen molar-refractivity contribution in [2.24, 2.45) is 0 Å². The molecule has 0 fully saturated rings. The number of phenolic OH excluding ortho intramolecular Hbond substituents is 3. The second-order valence-electron chi connectivity index (χ2n) is 7.59. The molecule has 3 aromatic carbocycles. The predicted octanol–water partition coefficient (Wildman–Crippen LogP) is 5.39. The van der Waals surface area contributed by atoms with Crippen molar-refractivity contribution in [3.8, 4) is 17.2 Å². The van der Waals surface area contributed by atoms with Gasteiger partial charge in [0.15, 0.2) is 0 Å². The molecule has 0 bridgehead atoms. The summed E-state index contributed by atoms with van der Waals surface area (Å²) in [7, 11) is 0. The van der Waals surface area contributed by atoms with Gasteiger partial charge in [0.05, 0.1) is 0 Å². The van der Waals surface area contributed by atoms with E-state index in [4.69, 9.17) is 0 Å². The highest BCUT2D eigenvalue weighted by Crippen LogP contribution is 2.43. The largest absolute Gasteiger partial charge is 0.508 e. The molecule has 0 saturated heterocycles. The van der Waals surface area contributed by atoms with Crippen LogP contribution < -0.4 is 0 Å². The van der Waals surface area contributed by atoms with Crippen molar-refractivity contribution in [3.05, 3.63) is 87.5 Å². The first-order valence-electron chi connectivity index (χ1n) is 9.05. The molecule has 0 radical (unpaired) electrons. The van der Waals surface area contributed by atoms with Crippen LogP contribution in [0.25, 0.3) is 0 Å². The van der Waals surface area contributed by atoms with Crippen LogP contribution in [0.4, 0.5) is 0 Å². The molecule has 3 aromatic rings. The van der Waals surface area contributed by atoms with Crippen LogP contribution in [0.5, 0.6) is 17.2 Å². The van der Waals surface area contributed by atoms with Gasteiger partial charge >= 0.3 is 0 Å². The molecule has 0 aromatic heterocycles. The zero-order valence-electron chi connectivity index (χ0n) is 16.5. The number of rotatable bonds is 3. The van der Waals surface area contributed by atoms with E-state index < -0.39 is 5.41 Å². The summed E-state index contributed by atoms with van der Waals surface area (Å²) in [5.74, 6) is 0.809. The Morgan fingerprint density at radius 2 is 1.00 bits per heavy atom. The minimum absolute atomic E-state index is 0.207. The Kier molecular flexibility index (Phi) is 4.64. The van der Waals surface area contributed by atoms with Crippen molar-refractivity contribution in [1.29, 1.82) is 0 Å². The van der Waals surface area contributed by atoms with Gasteiger partial charge in [0.2, 0.25) is 0 Å². The maximum Gasteiger partial charge on any atom is 0.121 e. The molecular weight excluding hydrogens is 336 g/mol. The summed E-state index contributed by atoms with van der Waals surface area (Å²) in [6.45, 7) is 9.67. The Labute approximate surface area is 160 Å². The first kappa shape index (κ1) is 18.8. The minimum atomic E-state index is -0.564. The monoisotopic (exact) mass is 362 g/mol. The lowest BCUT2D eigenvalue weighted by molar-refractivity contribution is 0.464. The Morgan fingerprint density at radius 1 is 0.593 bits per heavy atom. The third kappa shape index (κ3) is 3.14. The van der Waals surface area contributed by atoms with Gasteiger partial charge in [0.1, 0.15) is 17.2 Å². The normalized spacial score (nSPS) is 11.6. The average Bonchev–Trinajstić information content (AvgIpc) is 2.62. The van der Waals surface area contributed by atoms with E-state index in [1.165, 1.54) is 0 Å². The van der Waals surface area contributed by atoms with Gasteiger partial charge in [-0.3, -0.25) is 0 Å². The lowest BCUT2D eigenvalue weighted by Gasteiger charge is -2.33. The van der Waals surface area contributed by atoms with Crippen LogP contribution in [-0.2, 0) is 5.41 Å². The standard InChI is InChI=1S/C24H26O3/c1-14-9-19(10-15(2)22(14)26)24(5,18-7-6-8-21(25)13-18)20-11-16(3)23(27)17(4)12-20/h6-13,25-27H,1-5H3. The van der Waals surface area contributed by atoms with Crippen molar-refractivity contribution in [3.63, 3.8) is 0 Å². The first-order chi connectivity index (χ1) is 12.6. The molecule has 0 aliphatic rings. The van der Waals surface area contributed by atoms with Crippen molar-refractivity contribution < 1.29 is 15.3 Å². The summed E-state index contributed by atoms with van der Waals surface area (Å²) in [4.78, 5) is 0. The molecule has 0 amide bonds. The molecule has 3 nitrogen and oxygen atoms in total. The zero-order chi connectivity index (χ0) is 19.9. The predicted molar refractivity (Wildman–Crippen MR) is 109 cm³/mol. The van der Waals surface area contributed by atoms with Crippen LogP contribution in [0.15, 0.2) is 48.5 Å². The highest BCUT2D eigenvalue weighted by molar-refractivity contribution is 5.57. The molecule has 0 aliphatic heterocycles. The fourth-order valence-corrected chi connectivity index (χ4v) is 3.81. The van der Waals surface area contributed by atoms with Crippen LogP contribution >= 0.6 is 0 Å². The molecule has 3 N–H and O–H groups in total. The quantitative estimate of drug-likeness (QED) is 0.547. The number of hydrogen-bond acceptors (Lipinski definition) is 3. The molecule has 3 rings (SSSR count). The summed E-state index contributed by atoms with van der Waals surface area (Å²) >= 11 is 0. The number of aryl methyl sites for hydroxylation is 4.